The van der Waals surface area contributed by atoms with E-state index in [9.17, 15) is 10.1 Å². The summed E-state index contributed by atoms with van der Waals surface area (Å²) in [5.41, 5.74) is 1.06. The predicted molar refractivity (Wildman–Crippen MR) is 99.1 cm³/mol. The Labute approximate surface area is 156 Å². The second-order valence-electron chi connectivity index (χ2n) is 5.04. The van der Waals surface area contributed by atoms with Gasteiger partial charge in [0, 0.05) is 22.3 Å². The van der Waals surface area contributed by atoms with Crippen molar-refractivity contribution < 1.29 is 4.79 Å². The molecule has 0 aliphatic rings. The Kier molecular flexibility index (Phi) is 6.60. The lowest BCUT2D eigenvalue weighted by Crippen LogP contribution is -2.32. The molecule has 0 aliphatic heterocycles. The van der Waals surface area contributed by atoms with E-state index in [2.05, 4.69) is 0 Å². The van der Waals surface area contributed by atoms with Gasteiger partial charge in [-0.3, -0.25) is 4.79 Å². The summed E-state index contributed by atoms with van der Waals surface area (Å²) in [5.74, 6) is -0.491. The summed E-state index contributed by atoms with van der Waals surface area (Å²) in [6.07, 6.45) is 1.57. The number of nitriles is 2. The van der Waals surface area contributed by atoms with E-state index < -0.39 is 5.91 Å². The van der Waals surface area contributed by atoms with Crippen molar-refractivity contribution in [2.75, 3.05) is 11.4 Å². The predicted octanol–water partition coefficient (Wildman–Crippen LogP) is 4.85. The molecule has 0 heterocycles. The Balaban J connectivity index is 2.40. The van der Waals surface area contributed by atoms with Crippen LogP contribution in [0.5, 0.6) is 0 Å². The van der Waals surface area contributed by atoms with Crippen LogP contribution in [-0.2, 0) is 4.79 Å². The Morgan fingerprint density at radius 3 is 2.44 bits per heavy atom. The number of para-hydroxylation sites is 1. The van der Waals surface area contributed by atoms with Crippen molar-refractivity contribution >= 4 is 40.9 Å². The van der Waals surface area contributed by atoms with E-state index in [1.165, 1.54) is 11.0 Å². The average Bonchev–Trinajstić information content (AvgIpc) is 2.62. The fourth-order valence-corrected chi connectivity index (χ4v) is 2.64. The average molecular weight is 370 g/mol. The van der Waals surface area contributed by atoms with Gasteiger partial charge in [-0.05, 0) is 35.9 Å². The highest BCUT2D eigenvalue weighted by atomic mass is 35.5. The molecule has 0 bridgehead atoms. The van der Waals surface area contributed by atoms with Crippen molar-refractivity contribution in [3.63, 3.8) is 0 Å². The van der Waals surface area contributed by atoms with Crippen LogP contribution >= 0.6 is 23.2 Å². The first-order valence-corrected chi connectivity index (χ1v) is 8.13. The Hall–Kier alpha value is -2.79. The minimum absolute atomic E-state index is 0.0778. The van der Waals surface area contributed by atoms with Gasteiger partial charge in [-0.15, -0.1) is 0 Å². The summed E-state index contributed by atoms with van der Waals surface area (Å²) in [6.45, 7) is 0.187. The van der Waals surface area contributed by atoms with Crippen LogP contribution in [0, 0.1) is 22.7 Å². The first-order valence-electron chi connectivity index (χ1n) is 7.37. The molecule has 124 valence electrons. The van der Waals surface area contributed by atoms with Gasteiger partial charge in [0.25, 0.3) is 5.91 Å². The van der Waals surface area contributed by atoms with E-state index in [0.717, 1.165) is 0 Å². The minimum atomic E-state index is -0.491. The number of amides is 1. The normalized spacial score (nSPS) is 10.6. The molecule has 0 N–H and O–H groups in total. The summed E-state index contributed by atoms with van der Waals surface area (Å²) in [4.78, 5) is 14.2. The van der Waals surface area contributed by atoms with Gasteiger partial charge < -0.3 is 4.90 Å². The van der Waals surface area contributed by atoms with Crippen molar-refractivity contribution in [1.29, 1.82) is 10.5 Å². The number of carbonyl (C=O) groups excluding carboxylic acids is 1. The Morgan fingerprint density at radius 1 is 1.12 bits per heavy atom. The molecule has 0 saturated heterocycles. The summed E-state index contributed by atoms with van der Waals surface area (Å²) >= 11 is 12.0. The zero-order chi connectivity index (χ0) is 18.2. The van der Waals surface area contributed by atoms with Gasteiger partial charge in [-0.1, -0.05) is 47.5 Å². The molecule has 0 fully saturated rings. The molecule has 0 aromatic heterocycles. The molecular weight excluding hydrogens is 357 g/mol. The number of rotatable bonds is 5. The van der Waals surface area contributed by atoms with Crippen molar-refractivity contribution in [2.24, 2.45) is 0 Å². The first kappa shape index (κ1) is 18.5. The van der Waals surface area contributed by atoms with Gasteiger partial charge in [0.05, 0.1) is 12.5 Å². The number of nitrogens with zero attached hydrogens (tertiary/aromatic N) is 3. The van der Waals surface area contributed by atoms with Crippen LogP contribution in [-0.4, -0.2) is 12.5 Å². The van der Waals surface area contributed by atoms with Gasteiger partial charge in [-0.2, -0.15) is 10.5 Å². The second kappa shape index (κ2) is 8.89. The quantitative estimate of drug-likeness (QED) is 0.558. The maximum Gasteiger partial charge on any atom is 0.268 e. The van der Waals surface area contributed by atoms with E-state index in [0.29, 0.717) is 21.3 Å². The molecule has 2 aromatic carbocycles. The van der Waals surface area contributed by atoms with Crippen LogP contribution in [0.1, 0.15) is 12.0 Å². The Bertz CT molecular complexity index is 880. The van der Waals surface area contributed by atoms with E-state index in [-0.39, 0.29) is 18.5 Å². The van der Waals surface area contributed by atoms with Crippen LogP contribution in [0.2, 0.25) is 10.0 Å². The summed E-state index contributed by atoms with van der Waals surface area (Å²) < 4.78 is 0. The minimum Gasteiger partial charge on any atom is -0.307 e. The maximum absolute atomic E-state index is 12.8. The van der Waals surface area contributed by atoms with Gasteiger partial charge >= 0.3 is 0 Å². The van der Waals surface area contributed by atoms with Gasteiger partial charge in [0.2, 0.25) is 0 Å². The van der Waals surface area contributed by atoms with Crippen molar-refractivity contribution in [2.45, 2.75) is 6.42 Å². The molecule has 4 nitrogen and oxygen atoms in total. The SMILES string of the molecule is N#CCCN(C(=O)C(C#N)=Cc1ccc(Cl)cc1Cl)c1ccccc1. The number of hydrogen-bond donors (Lipinski definition) is 0. The molecule has 0 radical (unpaired) electrons. The molecular formula is C19H13Cl2N3O. The molecule has 0 atom stereocenters. The van der Waals surface area contributed by atoms with Crippen LogP contribution < -0.4 is 4.90 Å². The van der Waals surface area contributed by atoms with Crippen molar-refractivity contribution in [1.82, 2.24) is 0 Å². The molecule has 0 saturated carbocycles. The fourth-order valence-electron chi connectivity index (χ4n) is 2.18. The molecule has 6 heteroatoms. The highest BCUT2D eigenvalue weighted by Crippen LogP contribution is 2.24. The third kappa shape index (κ3) is 4.84. The van der Waals surface area contributed by atoms with Crippen LogP contribution in [0.4, 0.5) is 5.69 Å². The molecule has 0 aliphatic carbocycles. The standard InChI is InChI=1S/C19H13Cl2N3O/c20-16-8-7-14(18(21)12-16)11-15(13-23)19(25)24(10-4-9-22)17-5-2-1-3-6-17/h1-3,5-8,11-12H,4,10H2. The topological polar surface area (TPSA) is 67.9 Å². The van der Waals surface area contributed by atoms with E-state index in [1.807, 2.05) is 18.2 Å². The smallest absolute Gasteiger partial charge is 0.268 e. The highest BCUT2D eigenvalue weighted by Gasteiger charge is 2.20. The molecule has 1 amide bonds. The first-order chi connectivity index (χ1) is 12.1. The van der Waals surface area contributed by atoms with Gasteiger partial charge in [0.1, 0.15) is 11.6 Å². The van der Waals surface area contributed by atoms with Gasteiger partial charge in [-0.25, -0.2) is 0 Å². The monoisotopic (exact) mass is 369 g/mol. The number of anilines is 1. The number of benzene rings is 2. The van der Waals surface area contributed by atoms with Crippen molar-refractivity contribution in [3.05, 3.63) is 69.7 Å². The van der Waals surface area contributed by atoms with E-state index in [1.54, 1.807) is 42.5 Å². The third-order valence-corrected chi connectivity index (χ3v) is 3.94. The molecule has 0 unspecified atom stereocenters. The third-order valence-electron chi connectivity index (χ3n) is 3.37. The number of carbonyl (C=O) groups is 1. The summed E-state index contributed by atoms with van der Waals surface area (Å²) in [5, 5.41) is 19.1. The zero-order valence-corrected chi connectivity index (χ0v) is 14.6. The molecule has 2 aromatic rings. The van der Waals surface area contributed by atoms with E-state index >= 15 is 0 Å². The molecule has 0 spiro atoms. The van der Waals surface area contributed by atoms with Crippen molar-refractivity contribution in [3.8, 4) is 12.1 Å². The number of hydrogen-bond acceptors (Lipinski definition) is 3. The summed E-state index contributed by atoms with van der Waals surface area (Å²) in [6, 6.07) is 17.6. The Morgan fingerprint density at radius 2 is 1.84 bits per heavy atom. The fraction of sp³-hybridized carbons (Fsp3) is 0.105. The molecule has 25 heavy (non-hydrogen) atoms. The highest BCUT2D eigenvalue weighted by molar-refractivity contribution is 6.35. The van der Waals surface area contributed by atoms with E-state index in [4.69, 9.17) is 28.5 Å². The summed E-state index contributed by atoms with van der Waals surface area (Å²) in [7, 11) is 0. The number of halogens is 2. The largest absolute Gasteiger partial charge is 0.307 e. The van der Waals surface area contributed by atoms with Crippen LogP contribution in [0.25, 0.3) is 6.08 Å². The lowest BCUT2D eigenvalue weighted by Gasteiger charge is -2.21. The lowest BCUT2D eigenvalue weighted by molar-refractivity contribution is -0.114. The van der Waals surface area contributed by atoms with Gasteiger partial charge in [0.15, 0.2) is 0 Å². The maximum atomic E-state index is 12.8. The zero-order valence-electron chi connectivity index (χ0n) is 13.1. The van der Waals surface area contributed by atoms with Crippen LogP contribution in [0.15, 0.2) is 54.1 Å². The second-order valence-corrected chi connectivity index (χ2v) is 5.88. The lowest BCUT2D eigenvalue weighted by atomic mass is 10.1. The van der Waals surface area contributed by atoms with Crippen LogP contribution in [0.3, 0.4) is 0 Å². The molecule has 2 rings (SSSR count).